The molecule has 24 heavy (non-hydrogen) atoms. The van der Waals surface area contributed by atoms with E-state index in [1.807, 2.05) is 24.4 Å². The maximum absolute atomic E-state index is 11.1. The summed E-state index contributed by atoms with van der Waals surface area (Å²) in [4.78, 5) is 14.1. The molecule has 1 heterocycles. The van der Waals surface area contributed by atoms with E-state index in [-0.39, 0.29) is 17.4 Å². The van der Waals surface area contributed by atoms with Crippen molar-refractivity contribution in [1.29, 1.82) is 0 Å². The van der Waals surface area contributed by atoms with Crippen LogP contribution >= 0.6 is 11.6 Å². The minimum absolute atomic E-state index is 0.0186. The minimum Gasteiger partial charge on any atom is -0.361 e. The Kier molecular flexibility index (Phi) is 7.57. The lowest BCUT2D eigenvalue weighted by molar-refractivity contribution is -0.483. The lowest BCUT2D eigenvalue weighted by Crippen LogP contribution is -2.12. The van der Waals surface area contributed by atoms with E-state index in [0.29, 0.717) is 5.02 Å². The van der Waals surface area contributed by atoms with E-state index in [0.717, 1.165) is 35.7 Å². The Labute approximate surface area is 148 Å². The van der Waals surface area contributed by atoms with Crippen molar-refractivity contribution in [3.05, 3.63) is 45.1 Å². The summed E-state index contributed by atoms with van der Waals surface area (Å²) in [5, 5.41) is 12.8. The molecule has 1 N–H and O–H groups in total. The maximum atomic E-state index is 11.1. The number of nitro groups is 1. The van der Waals surface area contributed by atoms with Gasteiger partial charge in [-0.25, -0.2) is 0 Å². The van der Waals surface area contributed by atoms with Gasteiger partial charge in [0.2, 0.25) is 6.54 Å². The summed E-state index contributed by atoms with van der Waals surface area (Å²) in [5.74, 6) is -0.0529. The second-order valence-corrected chi connectivity index (χ2v) is 6.99. The Morgan fingerprint density at radius 1 is 1.17 bits per heavy atom. The first-order chi connectivity index (χ1) is 11.6. The van der Waals surface area contributed by atoms with Crippen LogP contribution in [0, 0.1) is 10.1 Å². The number of rotatable bonds is 11. The smallest absolute Gasteiger partial charge is 0.210 e. The molecule has 2 rings (SSSR count). The monoisotopic (exact) mass is 350 g/mol. The van der Waals surface area contributed by atoms with Gasteiger partial charge in [0.15, 0.2) is 0 Å². The Morgan fingerprint density at radius 2 is 1.88 bits per heavy atom. The number of hydrogen-bond acceptors (Lipinski definition) is 2. The van der Waals surface area contributed by atoms with Crippen molar-refractivity contribution in [3.63, 3.8) is 0 Å². The number of hydrogen-bond donors (Lipinski definition) is 1. The average molecular weight is 351 g/mol. The Balaban J connectivity index is 1.97. The van der Waals surface area contributed by atoms with Crippen LogP contribution in [0.4, 0.5) is 0 Å². The van der Waals surface area contributed by atoms with Crippen LogP contribution in [-0.2, 0) is 0 Å². The summed E-state index contributed by atoms with van der Waals surface area (Å²) in [6, 6.07) is 5.67. The van der Waals surface area contributed by atoms with Crippen molar-refractivity contribution in [2.75, 3.05) is 6.54 Å². The van der Waals surface area contributed by atoms with E-state index in [1.54, 1.807) is 0 Å². The summed E-state index contributed by atoms with van der Waals surface area (Å²) in [7, 11) is 0. The average Bonchev–Trinajstić information content (AvgIpc) is 2.95. The molecule has 132 valence electrons. The van der Waals surface area contributed by atoms with Crippen LogP contribution in [0.25, 0.3) is 10.9 Å². The number of benzene rings is 1. The van der Waals surface area contributed by atoms with Gasteiger partial charge in [0.05, 0.1) is 5.92 Å². The van der Waals surface area contributed by atoms with Crippen molar-refractivity contribution in [1.82, 2.24) is 4.98 Å². The molecule has 0 saturated heterocycles. The molecule has 0 saturated carbocycles. The molecular weight excluding hydrogens is 324 g/mol. The van der Waals surface area contributed by atoms with E-state index in [4.69, 9.17) is 11.6 Å². The van der Waals surface area contributed by atoms with E-state index >= 15 is 0 Å². The van der Waals surface area contributed by atoms with Crippen LogP contribution in [0.2, 0.25) is 5.02 Å². The van der Waals surface area contributed by atoms with E-state index < -0.39 is 0 Å². The fraction of sp³-hybridized carbons (Fsp3) is 0.579. The minimum atomic E-state index is -0.199. The van der Waals surface area contributed by atoms with Crippen molar-refractivity contribution in [2.24, 2.45) is 0 Å². The highest BCUT2D eigenvalue weighted by atomic mass is 35.5. The fourth-order valence-corrected chi connectivity index (χ4v) is 3.50. The normalized spacial score (nSPS) is 12.6. The number of halogens is 1. The summed E-state index contributed by atoms with van der Waals surface area (Å²) in [5.41, 5.74) is 2.01. The number of fused-ring (bicyclic) bond motifs is 1. The molecule has 0 amide bonds. The van der Waals surface area contributed by atoms with Gasteiger partial charge in [-0.05, 0) is 30.2 Å². The number of aromatic amines is 1. The molecule has 1 atom stereocenters. The molecule has 0 aliphatic heterocycles. The van der Waals surface area contributed by atoms with E-state index in [9.17, 15) is 10.1 Å². The van der Waals surface area contributed by atoms with Crippen LogP contribution in [0.15, 0.2) is 24.4 Å². The zero-order chi connectivity index (χ0) is 17.4. The highest BCUT2D eigenvalue weighted by Crippen LogP contribution is 2.31. The van der Waals surface area contributed by atoms with Gasteiger partial charge in [0.25, 0.3) is 0 Å². The summed E-state index contributed by atoms with van der Waals surface area (Å²) in [6.45, 7) is 2.20. The zero-order valence-corrected chi connectivity index (χ0v) is 15.1. The first kappa shape index (κ1) is 18.8. The molecular formula is C19H27ClN2O2. The predicted octanol–water partition coefficient (Wildman–Crippen LogP) is 6.32. The second-order valence-electron chi connectivity index (χ2n) is 6.56. The molecule has 0 radical (unpaired) electrons. The number of nitrogens with zero attached hydrogens (tertiary/aromatic N) is 1. The molecule has 0 spiro atoms. The predicted molar refractivity (Wildman–Crippen MR) is 101 cm³/mol. The quantitative estimate of drug-likeness (QED) is 0.292. The molecule has 0 fully saturated rings. The molecule has 0 unspecified atom stereocenters. The number of H-pyrrole nitrogens is 1. The molecule has 2 aromatic rings. The Hall–Kier alpha value is -1.55. The lowest BCUT2D eigenvalue weighted by atomic mass is 9.92. The molecule has 1 aromatic carbocycles. The SMILES string of the molecule is CCCCCCCCC[C@H](C[N+](=O)[O-])c1c[nH]c2ccc(Cl)cc12. The molecule has 0 bridgehead atoms. The van der Waals surface area contributed by atoms with Crippen LogP contribution in [-0.4, -0.2) is 16.5 Å². The molecule has 0 aliphatic carbocycles. The maximum Gasteiger partial charge on any atom is 0.210 e. The fourth-order valence-electron chi connectivity index (χ4n) is 3.33. The van der Waals surface area contributed by atoms with Crippen LogP contribution < -0.4 is 0 Å². The van der Waals surface area contributed by atoms with Crippen LogP contribution in [0.3, 0.4) is 0 Å². The largest absolute Gasteiger partial charge is 0.361 e. The van der Waals surface area contributed by atoms with Crippen molar-refractivity contribution >= 4 is 22.5 Å². The topological polar surface area (TPSA) is 58.9 Å². The van der Waals surface area contributed by atoms with E-state index in [2.05, 4.69) is 11.9 Å². The van der Waals surface area contributed by atoms with Gasteiger partial charge >= 0.3 is 0 Å². The number of nitrogens with one attached hydrogen (secondary N) is 1. The summed E-state index contributed by atoms with van der Waals surface area (Å²) >= 11 is 6.10. The van der Waals surface area contributed by atoms with Gasteiger partial charge in [-0.2, -0.15) is 0 Å². The van der Waals surface area contributed by atoms with Gasteiger partial charge in [-0.15, -0.1) is 0 Å². The van der Waals surface area contributed by atoms with Crippen molar-refractivity contribution < 1.29 is 4.92 Å². The highest BCUT2D eigenvalue weighted by molar-refractivity contribution is 6.31. The first-order valence-electron chi connectivity index (χ1n) is 9.00. The molecule has 4 nitrogen and oxygen atoms in total. The Morgan fingerprint density at radius 3 is 2.58 bits per heavy atom. The van der Waals surface area contributed by atoms with Crippen LogP contribution in [0.5, 0.6) is 0 Å². The summed E-state index contributed by atoms with van der Waals surface area (Å²) in [6.07, 6.45) is 11.3. The van der Waals surface area contributed by atoms with Crippen molar-refractivity contribution in [2.45, 2.75) is 64.2 Å². The van der Waals surface area contributed by atoms with E-state index in [1.165, 1.54) is 32.1 Å². The lowest BCUT2D eigenvalue weighted by Gasteiger charge is -2.12. The first-order valence-corrected chi connectivity index (χ1v) is 9.38. The van der Waals surface area contributed by atoms with Crippen LogP contribution in [0.1, 0.15) is 69.8 Å². The molecule has 5 heteroatoms. The zero-order valence-electron chi connectivity index (χ0n) is 14.4. The van der Waals surface area contributed by atoms with Gasteiger partial charge in [0.1, 0.15) is 0 Å². The highest BCUT2D eigenvalue weighted by Gasteiger charge is 2.21. The number of aromatic nitrogens is 1. The van der Waals surface area contributed by atoms with Crippen molar-refractivity contribution in [3.8, 4) is 0 Å². The van der Waals surface area contributed by atoms with Gasteiger partial charge < -0.3 is 4.98 Å². The van der Waals surface area contributed by atoms with Gasteiger partial charge in [-0.3, -0.25) is 10.1 Å². The standard InChI is InChI=1S/C19H27ClN2O2/c1-2-3-4-5-6-7-8-9-15(14-22(23)24)18-13-21-19-11-10-16(20)12-17(18)19/h10-13,15,21H,2-9,14H2,1H3/t15-/m1/s1. The summed E-state index contributed by atoms with van der Waals surface area (Å²) < 4.78 is 0. The third-order valence-electron chi connectivity index (χ3n) is 4.64. The van der Waals surface area contributed by atoms with Gasteiger partial charge in [-0.1, -0.05) is 63.5 Å². The Bertz CT molecular complexity index is 654. The number of unbranched alkanes of at least 4 members (excludes halogenated alkanes) is 6. The van der Waals surface area contributed by atoms with Gasteiger partial charge in [0, 0.05) is 27.0 Å². The second kappa shape index (κ2) is 9.67. The molecule has 0 aliphatic rings. The molecule has 1 aromatic heterocycles. The third kappa shape index (κ3) is 5.52. The third-order valence-corrected chi connectivity index (χ3v) is 4.88.